The van der Waals surface area contributed by atoms with Gasteiger partial charge in [-0.3, -0.25) is 14.5 Å². The molecule has 0 atom stereocenters. The number of carbonyl (C=O) groups is 2. The Morgan fingerprint density at radius 1 is 1.00 bits per heavy atom. The van der Waals surface area contributed by atoms with Crippen LogP contribution in [0.5, 0.6) is 0 Å². The molecule has 1 saturated carbocycles. The van der Waals surface area contributed by atoms with Crippen molar-refractivity contribution < 1.29 is 31.5 Å². The first-order valence-electron chi connectivity index (χ1n) is 18.0. The summed E-state index contributed by atoms with van der Waals surface area (Å²) < 4.78 is 74.3. The lowest BCUT2D eigenvalue weighted by molar-refractivity contribution is -0.123. The third kappa shape index (κ3) is 6.19. The molecule has 2 amide bonds. The maximum atomic E-state index is 16.2. The molecule has 10 nitrogen and oxygen atoms in total. The van der Waals surface area contributed by atoms with Crippen molar-refractivity contribution in [3.8, 4) is 11.3 Å². The molecule has 2 aliphatic heterocycles. The van der Waals surface area contributed by atoms with Crippen LogP contribution in [0.2, 0.25) is 0 Å². The quantitative estimate of drug-likeness (QED) is 0.135. The van der Waals surface area contributed by atoms with E-state index in [2.05, 4.69) is 32.1 Å². The third-order valence-corrected chi connectivity index (χ3v) is 11.1. The summed E-state index contributed by atoms with van der Waals surface area (Å²) in [7, 11) is 0. The summed E-state index contributed by atoms with van der Waals surface area (Å²) in [6, 6.07) is 3.89. The molecule has 7 rings (SSSR count). The van der Waals surface area contributed by atoms with Crippen LogP contribution >= 0.6 is 0 Å². The number of imidazole rings is 1. The first-order chi connectivity index (χ1) is 25.0. The molecule has 5 heterocycles. The van der Waals surface area contributed by atoms with Gasteiger partial charge >= 0.3 is 0 Å². The average Bonchev–Trinajstić information content (AvgIpc) is 3.62. The van der Waals surface area contributed by atoms with Gasteiger partial charge in [0.15, 0.2) is 17.5 Å². The molecule has 1 aliphatic carbocycles. The van der Waals surface area contributed by atoms with Gasteiger partial charge in [-0.15, -0.1) is 0 Å². The number of aromatic nitrogens is 4. The van der Waals surface area contributed by atoms with Gasteiger partial charge in [-0.2, -0.15) is 4.39 Å². The Balaban J connectivity index is 1.30. The van der Waals surface area contributed by atoms with Gasteiger partial charge in [0.2, 0.25) is 11.9 Å². The van der Waals surface area contributed by atoms with Crippen LogP contribution < -0.4 is 15.5 Å². The molecule has 2 N–H and O–H groups in total. The maximum absolute atomic E-state index is 16.2. The number of nitrogens with one attached hydrogen (secondary N) is 2. The van der Waals surface area contributed by atoms with Gasteiger partial charge in [-0.05, 0) is 98.5 Å². The van der Waals surface area contributed by atoms with Crippen LogP contribution in [0, 0.1) is 24.5 Å². The molecule has 15 heteroatoms. The number of nitrogens with zero attached hydrogens (tertiary/aromatic N) is 6. The summed E-state index contributed by atoms with van der Waals surface area (Å²) in [5.41, 5.74) is -0.733. The predicted octanol–water partition coefficient (Wildman–Crippen LogP) is 7.57. The van der Waals surface area contributed by atoms with Crippen LogP contribution in [0.25, 0.3) is 22.3 Å². The number of anilines is 3. The number of hydrogen-bond donors (Lipinski definition) is 2. The molecular weight excluding hydrogens is 695 g/mol. The molecule has 0 radical (unpaired) electrons. The summed E-state index contributed by atoms with van der Waals surface area (Å²) in [4.78, 5) is 44.5. The number of fused-ring (bicyclic) bond motifs is 2. The summed E-state index contributed by atoms with van der Waals surface area (Å²) in [5, 5.41) is 4.80. The zero-order valence-electron chi connectivity index (χ0n) is 30.6. The highest BCUT2D eigenvalue weighted by atomic mass is 19.3. The Kier molecular flexibility index (Phi) is 9.22. The van der Waals surface area contributed by atoms with Crippen molar-refractivity contribution >= 4 is 40.0 Å². The molecule has 3 aromatic heterocycles. The Hall–Kier alpha value is -4.66. The first kappa shape index (κ1) is 36.7. The van der Waals surface area contributed by atoms with Gasteiger partial charge in [-0.25, -0.2) is 32.5 Å². The Labute approximate surface area is 304 Å². The van der Waals surface area contributed by atoms with Crippen LogP contribution in [0.1, 0.15) is 94.4 Å². The minimum absolute atomic E-state index is 0.0240. The lowest BCUT2D eigenvalue weighted by Crippen LogP contribution is -2.64. The molecule has 0 spiro atoms. The van der Waals surface area contributed by atoms with E-state index in [1.165, 1.54) is 19.7 Å². The first-order valence-corrected chi connectivity index (χ1v) is 18.0. The number of hydrogen-bond acceptors (Lipinski definition) is 7. The van der Waals surface area contributed by atoms with Crippen molar-refractivity contribution in [1.29, 1.82) is 0 Å². The Bertz CT molecular complexity index is 2120. The van der Waals surface area contributed by atoms with E-state index in [1.807, 2.05) is 19.2 Å². The van der Waals surface area contributed by atoms with E-state index in [0.29, 0.717) is 22.4 Å². The van der Waals surface area contributed by atoms with Crippen LogP contribution in [0.4, 0.5) is 39.1 Å². The zero-order chi connectivity index (χ0) is 38.1. The molecule has 282 valence electrons. The molecule has 0 unspecified atom stereocenters. The fourth-order valence-electron chi connectivity index (χ4n) is 8.12. The minimum atomic E-state index is -2.85. The van der Waals surface area contributed by atoms with E-state index in [-0.39, 0.29) is 51.7 Å². The predicted molar refractivity (Wildman–Crippen MR) is 191 cm³/mol. The van der Waals surface area contributed by atoms with Crippen molar-refractivity contribution in [2.45, 2.75) is 103 Å². The molecular formula is C38H43F5N8O2. The maximum Gasteiger partial charge on any atom is 0.255 e. The van der Waals surface area contributed by atoms with E-state index < -0.39 is 47.6 Å². The molecule has 4 aromatic rings. The van der Waals surface area contributed by atoms with E-state index in [0.717, 1.165) is 44.8 Å². The molecule has 53 heavy (non-hydrogen) atoms. The number of piperidine rings is 1. The van der Waals surface area contributed by atoms with E-state index in [1.54, 1.807) is 35.4 Å². The van der Waals surface area contributed by atoms with Crippen molar-refractivity contribution in [2.24, 2.45) is 0 Å². The van der Waals surface area contributed by atoms with Gasteiger partial charge in [0.05, 0.1) is 52.1 Å². The molecule has 0 bridgehead atoms. The molecule has 2 fully saturated rings. The standard InChI is InChI=1S/C38H43F5N8O2/c1-19(2)50-18-45-26-14-24(46-34(31(26)50)47-25-12-22(20(3)29(41)30(25)42)35(52)44-17-28(39)40)23-13-27-32(48-33(23)43)37(4,5)36(53)51(27)21-15-38(6,16-21)49-10-8-7-9-11-49/h12-14,18-19,21,28H,7-11,15-17H2,1-6H3,(H,44,52)(H,46,47)/t21-,38+. The summed E-state index contributed by atoms with van der Waals surface area (Å²) in [6.07, 6.45) is 3.75. The smallest absolute Gasteiger partial charge is 0.255 e. The van der Waals surface area contributed by atoms with Crippen molar-refractivity contribution in [3.05, 3.63) is 58.9 Å². The topological polar surface area (TPSA) is 108 Å². The van der Waals surface area contributed by atoms with Gasteiger partial charge in [0.25, 0.3) is 12.3 Å². The van der Waals surface area contributed by atoms with E-state index in [9.17, 15) is 18.4 Å². The SMILES string of the molecule is Cc1c(C(=O)NCC(F)F)cc(Nc2nc(-c3cc4c(nc3F)C(C)(C)C(=O)N4[C@H]3C[C@@](C)(N4CCCCC4)C3)cc3ncn(C(C)C)c23)c(F)c1F. The fourth-order valence-corrected chi connectivity index (χ4v) is 8.12. The highest BCUT2D eigenvalue weighted by Crippen LogP contribution is 2.50. The zero-order valence-corrected chi connectivity index (χ0v) is 30.6. The normalized spacial score (nSPS) is 21.4. The largest absolute Gasteiger partial charge is 0.346 e. The number of pyridine rings is 2. The van der Waals surface area contributed by atoms with Crippen LogP contribution in [-0.2, 0) is 10.2 Å². The number of likely N-dealkylation sites (tertiary alicyclic amines) is 1. The molecule has 1 aromatic carbocycles. The Morgan fingerprint density at radius 3 is 2.36 bits per heavy atom. The third-order valence-electron chi connectivity index (χ3n) is 11.1. The van der Waals surface area contributed by atoms with Crippen molar-refractivity contribution in [2.75, 3.05) is 29.9 Å². The molecule has 1 saturated heterocycles. The lowest BCUT2D eigenvalue weighted by Gasteiger charge is -2.55. The molecule has 3 aliphatic rings. The second-order valence-corrected chi connectivity index (χ2v) is 15.5. The number of carbonyl (C=O) groups excluding carboxylic acids is 2. The Morgan fingerprint density at radius 2 is 1.70 bits per heavy atom. The van der Waals surface area contributed by atoms with Crippen molar-refractivity contribution in [3.63, 3.8) is 0 Å². The average molecular weight is 739 g/mol. The van der Waals surface area contributed by atoms with Gasteiger partial charge in [0.1, 0.15) is 5.52 Å². The van der Waals surface area contributed by atoms with Crippen LogP contribution in [-0.4, -0.2) is 73.9 Å². The number of amides is 2. The fraction of sp³-hybridized carbons (Fsp3) is 0.500. The van der Waals surface area contributed by atoms with Gasteiger partial charge in [0, 0.05) is 28.7 Å². The highest BCUT2D eigenvalue weighted by Gasteiger charge is 2.55. The van der Waals surface area contributed by atoms with E-state index >= 15 is 13.2 Å². The lowest BCUT2D eigenvalue weighted by atomic mass is 9.71. The van der Waals surface area contributed by atoms with E-state index in [4.69, 9.17) is 0 Å². The second kappa shape index (κ2) is 13.3. The number of benzene rings is 1. The summed E-state index contributed by atoms with van der Waals surface area (Å²) in [5.74, 6) is -4.76. The minimum Gasteiger partial charge on any atom is -0.346 e. The summed E-state index contributed by atoms with van der Waals surface area (Å²) >= 11 is 0. The number of rotatable bonds is 9. The number of alkyl halides is 2. The van der Waals surface area contributed by atoms with Gasteiger partial charge in [-0.1, -0.05) is 6.42 Å². The van der Waals surface area contributed by atoms with Crippen LogP contribution in [0.3, 0.4) is 0 Å². The van der Waals surface area contributed by atoms with Gasteiger partial charge < -0.3 is 20.1 Å². The second-order valence-electron chi connectivity index (χ2n) is 15.5. The summed E-state index contributed by atoms with van der Waals surface area (Å²) in [6.45, 7) is 11.7. The van der Waals surface area contributed by atoms with Crippen molar-refractivity contribution in [1.82, 2.24) is 29.7 Å². The number of halogens is 5. The highest BCUT2D eigenvalue weighted by molar-refractivity contribution is 6.08. The van der Waals surface area contributed by atoms with Crippen LogP contribution in [0.15, 0.2) is 24.5 Å². The monoisotopic (exact) mass is 738 g/mol.